The van der Waals surface area contributed by atoms with Gasteiger partial charge in [0.05, 0.1) is 6.10 Å². The summed E-state index contributed by atoms with van der Waals surface area (Å²) in [7, 11) is 5.76. The monoisotopic (exact) mass is 539 g/mol. The standard InChI is InChI=1S/C23H33N5O2.HI/c1-17-9-10-18(21(13-17)30-16-20-8-6-12-29-20)14-26-23(24-2)27-15-19-7-5-11-25-22(19)28(3)4;/h5,7,9-11,13,20H,6,8,12,14-16H2,1-4H3,(H2,24,26,27);1H. The molecule has 7 nitrogen and oxygen atoms in total. The average Bonchev–Trinajstić information content (AvgIpc) is 3.27. The molecule has 1 unspecified atom stereocenters. The van der Waals surface area contributed by atoms with Crippen LogP contribution < -0.4 is 20.3 Å². The van der Waals surface area contributed by atoms with Crippen molar-refractivity contribution in [3.63, 3.8) is 0 Å². The van der Waals surface area contributed by atoms with Crippen LogP contribution in [0.1, 0.15) is 29.5 Å². The molecule has 1 atom stereocenters. The van der Waals surface area contributed by atoms with Gasteiger partial charge in [0, 0.05) is 58.2 Å². The number of rotatable bonds is 8. The zero-order chi connectivity index (χ0) is 21.3. The Morgan fingerprint density at radius 3 is 2.68 bits per heavy atom. The van der Waals surface area contributed by atoms with Gasteiger partial charge in [0.2, 0.25) is 0 Å². The number of nitrogens with zero attached hydrogens (tertiary/aromatic N) is 3. The highest BCUT2D eigenvalue weighted by molar-refractivity contribution is 14.0. The molecule has 1 aliphatic heterocycles. The van der Waals surface area contributed by atoms with E-state index in [2.05, 4.69) is 51.8 Å². The summed E-state index contributed by atoms with van der Waals surface area (Å²) in [6.45, 7) is 4.76. The summed E-state index contributed by atoms with van der Waals surface area (Å²) in [6.07, 6.45) is 4.19. The number of pyridine rings is 1. The van der Waals surface area contributed by atoms with Crippen molar-refractivity contribution < 1.29 is 9.47 Å². The summed E-state index contributed by atoms with van der Waals surface area (Å²) in [4.78, 5) is 10.8. The average molecular weight is 539 g/mol. The predicted molar refractivity (Wildman–Crippen MR) is 137 cm³/mol. The molecule has 1 aromatic heterocycles. The quantitative estimate of drug-likeness (QED) is 0.304. The summed E-state index contributed by atoms with van der Waals surface area (Å²) in [5.74, 6) is 2.58. The molecule has 0 radical (unpaired) electrons. The Kier molecular flexibility index (Phi) is 10.3. The zero-order valence-corrected chi connectivity index (χ0v) is 21.2. The summed E-state index contributed by atoms with van der Waals surface area (Å²) < 4.78 is 11.8. The SMILES string of the molecule is CN=C(NCc1ccc(C)cc1OCC1CCCO1)NCc1cccnc1N(C)C.I. The summed E-state index contributed by atoms with van der Waals surface area (Å²) >= 11 is 0. The first kappa shape index (κ1) is 25.2. The second kappa shape index (κ2) is 12.7. The molecule has 170 valence electrons. The van der Waals surface area contributed by atoms with E-state index in [1.54, 1.807) is 13.2 Å². The molecule has 8 heteroatoms. The van der Waals surface area contributed by atoms with E-state index in [9.17, 15) is 0 Å². The number of benzene rings is 1. The van der Waals surface area contributed by atoms with Gasteiger partial charge in [-0.05, 0) is 37.5 Å². The third-order valence-electron chi connectivity index (χ3n) is 5.08. The van der Waals surface area contributed by atoms with E-state index in [4.69, 9.17) is 9.47 Å². The lowest BCUT2D eigenvalue weighted by Crippen LogP contribution is -2.36. The van der Waals surface area contributed by atoms with Crippen molar-refractivity contribution in [3.05, 3.63) is 53.2 Å². The molecule has 0 saturated carbocycles. The molecule has 3 rings (SSSR count). The van der Waals surface area contributed by atoms with Gasteiger partial charge < -0.3 is 25.0 Å². The van der Waals surface area contributed by atoms with Crippen molar-refractivity contribution in [2.45, 2.75) is 39.0 Å². The van der Waals surface area contributed by atoms with Gasteiger partial charge in [-0.15, -0.1) is 24.0 Å². The second-order valence-electron chi connectivity index (χ2n) is 7.72. The Hall–Kier alpha value is -2.07. The van der Waals surface area contributed by atoms with Gasteiger partial charge in [0.1, 0.15) is 18.2 Å². The van der Waals surface area contributed by atoms with Gasteiger partial charge in [-0.1, -0.05) is 18.2 Å². The lowest BCUT2D eigenvalue weighted by atomic mass is 10.1. The number of halogens is 1. The number of guanidine groups is 1. The molecule has 1 saturated heterocycles. The lowest BCUT2D eigenvalue weighted by molar-refractivity contribution is 0.0676. The maximum absolute atomic E-state index is 6.10. The molecule has 1 aromatic carbocycles. The highest BCUT2D eigenvalue weighted by Gasteiger charge is 2.17. The minimum atomic E-state index is 0. The van der Waals surface area contributed by atoms with E-state index in [0.29, 0.717) is 19.7 Å². The fourth-order valence-corrected chi connectivity index (χ4v) is 3.45. The molecule has 2 N–H and O–H groups in total. The van der Waals surface area contributed by atoms with Gasteiger partial charge in [-0.2, -0.15) is 0 Å². The molecule has 1 fully saturated rings. The fourth-order valence-electron chi connectivity index (χ4n) is 3.45. The van der Waals surface area contributed by atoms with E-state index in [1.807, 2.05) is 25.1 Å². The first-order valence-corrected chi connectivity index (χ1v) is 10.5. The summed E-state index contributed by atoms with van der Waals surface area (Å²) in [6, 6.07) is 10.3. The van der Waals surface area contributed by atoms with Gasteiger partial charge in [0.15, 0.2) is 5.96 Å². The van der Waals surface area contributed by atoms with Crippen molar-refractivity contribution in [3.8, 4) is 5.75 Å². The molecule has 0 spiro atoms. The van der Waals surface area contributed by atoms with Crippen LogP contribution in [0.5, 0.6) is 5.75 Å². The number of aliphatic imine (C=N–C) groups is 1. The van der Waals surface area contributed by atoms with Crippen LogP contribution >= 0.6 is 24.0 Å². The normalized spacial score (nSPS) is 15.9. The first-order valence-electron chi connectivity index (χ1n) is 10.5. The molecule has 0 amide bonds. The van der Waals surface area contributed by atoms with Crippen LogP contribution in [0.2, 0.25) is 0 Å². The number of aryl methyl sites for hydroxylation is 1. The maximum Gasteiger partial charge on any atom is 0.191 e. The van der Waals surface area contributed by atoms with E-state index in [1.165, 1.54) is 5.56 Å². The van der Waals surface area contributed by atoms with Gasteiger partial charge >= 0.3 is 0 Å². The minimum Gasteiger partial charge on any atom is -0.491 e. The number of ether oxygens (including phenoxy) is 2. The second-order valence-corrected chi connectivity index (χ2v) is 7.72. The zero-order valence-electron chi connectivity index (χ0n) is 18.9. The van der Waals surface area contributed by atoms with E-state index >= 15 is 0 Å². The van der Waals surface area contributed by atoms with Crippen molar-refractivity contribution in [2.75, 3.05) is 39.3 Å². The number of hydrogen-bond acceptors (Lipinski definition) is 5. The van der Waals surface area contributed by atoms with Crippen molar-refractivity contribution in [2.24, 2.45) is 4.99 Å². The summed E-state index contributed by atoms with van der Waals surface area (Å²) in [5.41, 5.74) is 3.38. The van der Waals surface area contributed by atoms with Crippen molar-refractivity contribution >= 4 is 35.8 Å². The molecular weight excluding hydrogens is 505 g/mol. The Morgan fingerprint density at radius 2 is 2.00 bits per heavy atom. The van der Waals surface area contributed by atoms with Gasteiger partial charge in [-0.25, -0.2) is 4.98 Å². The summed E-state index contributed by atoms with van der Waals surface area (Å²) in [5, 5.41) is 6.76. The molecular formula is C23H34IN5O2. The number of nitrogens with one attached hydrogen (secondary N) is 2. The van der Waals surface area contributed by atoms with Gasteiger partial charge in [0.25, 0.3) is 0 Å². The van der Waals surface area contributed by atoms with Crippen LogP contribution in [0.25, 0.3) is 0 Å². The third-order valence-corrected chi connectivity index (χ3v) is 5.08. The topological polar surface area (TPSA) is 71.0 Å². The molecule has 2 aromatic rings. The first-order chi connectivity index (χ1) is 14.6. The maximum atomic E-state index is 6.10. The van der Waals surface area contributed by atoms with Crippen LogP contribution in [-0.2, 0) is 17.8 Å². The molecule has 1 aliphatic rings. The Balaban J connectivity index is 0.00000341. The smallest absolute Gasteiger partial charge is 0.191 e. The highest BCUT2D eigenvalue weighted by Crippen LogP contribution is 2.22. The molecule has 0 bridgehead atoms. The van der Waals surface area contributed by atoms with Crippen molar-refractivity contribution in [1.82, 2.24) is 15.6 Å². The highest BCUT2D eigenvalue weighted by atomic mass is 127. The number of aromatic nitrogens is 1. The van der Waals surface area contributed by atoms with E-state index < -0.39 is 0 Å². The predicted octanol–water partition coefficient (Wildman–Crippen LogP) is 3.50. The molecule has 0 aliphatic carbocycles. The van der Waals surface area contributed by atoms with Crippen LogP contribution in [0.3, 0.4) is 0 Å². The largest absolute Gasteiger partial charge is 0.491 e. The Morgan fingerprint density at radius 1 is 1.23 bits per heavy atom. The van der Waals surface area contributed by atoms with Gasteiger partial charge in [-0.3, -0.25) is 4.99 Å². The Bertz CT molecular complexity index is 854. The number of anilines is 1. The van der Waals surface area contributed by atoms with E-state index in [-0.39, 0.29) is 30.1 Å². The van der Waals surface area contributed by atoms with Crippen LogP contribution in [0, 0.1) is 6.92 Å². The number of hydrogen-bond donors (Lipinski definition) is 2. The minimum absolute atomic E-state index is 0. The molecule has 2 heterocycles. The van der Waals surface area contributed by atoms with Crippen LogP contribution in [0.15, 0.2) is 41.5 Å². The Labute approximate surface area is 202 Å². The van der Waals surface area contributed by atoms with Crippen LogP contribution in [0.4, 0.5) is 5.82 Å². The van der Waals surface area contributed by atoms with E-state index in [0.717, 1.165) is 48.1 Å². The van der Waals surface area contributed by atoms with Crippen molar-refractivity contribution in [1.29, 1.82) is 0 Å². The van der Waals surface area contributed by atoms with Crippen LogP contribution in [-0.4, -0.2) is 51.4 Å². The molecule has 31 heavy (non-hydrogen) atoms. The fraction of sp³-hybridized carbons (Fsp3) is 0.478. The lowest BCUT2D eigenvalue weighted by Gasteiger charge is -2.18. The third kappa shape index (κ3) is 7.53.